The van der Waals surface area contributed by atoms with Crippen molar-refractivity contribution in [2.75, 3.05) is 24.3 Å². The molecule has 110 valence electrons. The summed E-state index contributed by atoms with van der Waals surface area (Å²) in [6, 6.07) is 6.03. The van der Waals surface area contributed by atoms with Crippen molar-refractivity contribution in [3.63, 3.8) is 0 Å². The molecule has 0 bridgehead atoms. The molecular weight excluding hydrogens is 270 g/mol. The van der Waals surface area contributed by atoms with E-state index < -0.39 is 0 Å². The van der Waals surface area contributed by atoms with Gasteiger partial charge in [-0.1, -0.05) is 13.0 Å². The first kappa shape index (κ1) is 15.0. The molecule has 1 aromatic carbocycles. The summed E-state index contributed by atoms with van der Waals surface area (Å²) in [4.78, 5) is 4.48. The van der Waals surface area contributed by atoms with Gasteiger partial charge in [-0.25, -0.2) is 4.98 Å². The third-order valence-corrected chi connectivity index (χ3v) is 3.91. The molecule has 2 N–H and O–H groups in total. The lowest BCUT2D eigenvalue weighted by Gasteiger charge is -2.07. The number of benzene rings is 1. The van der Waals surface area contributed by atoms with Gasteiger partial charge in [-0.3, -0.25) is 0 Å². The van der Waals surface area contributed by atoms with E-state index in [2.05, 4.69) is 28.8 Å². The third-order valence-electron chi connectivity index (χ3n) is 3.21. The van der Waals surface area contributed by atoms with Gasteiger partial charge in [0.1, 0.15) is 11.3 Å². The van der Waals surface area contributed by atoms with Gasteiger partial charge in [0.05, 0.1) is 12.1 Å². The highest BCUT2D eigenvalue weighted by Crippen LogP contribution is 2.27. The van der Waals surface area contributed by atoms with E-state index in [1.165, 1.54) is 12.2 Å². The number of nitrogens with zero attached hydrogens (tertiary/aromatic N) is 2. The summed E-state index contributed by atoms with van der Waals surface area (Å²) >= 11 is 1.88. The van der Waals surface area contributed by atoms with Crippen LogP contribution in [-0.4, -0.2) is 28.2 Å². The maximum atomic E-state index is 6.06. The van der Waals surface area contributed by atoms with Crippen LogP contribution in [0.15, 0.2) is 18.2 Å². The van der Waals surface area contributed by atoms with Crippen LogP contribution in [0.1, 0.15) is 26.2 Å². The Kier molecular flexibility index (Phi) is 5.59. The number of rotatable bonds is 8. The van der Waals surface area contributed by atoms with Gasteiger partial charge in [0, 0.05) is 6.54 Å². The number of nitrogen functional groups attached to an aromatic ring is 1. The van der Waals surface area contributed by atoms with E-state index in [-0.39, 0.29) is 0 Å². The number of anilines is 1. The molecule has 0 aliphatic carbocycles. The monoisotopic (exact) mass is 293 g/mol. The number of nitrogens with two attached hydrogens (primary N) is 1. The molecule has 0 saturated carbocycles. The number of imidazole rings is 1. The minimum Gasteiger partial charge on any atom is -0.491 e. The van der Waals surface area contributed by atoms with Gasteiger partial charge >= 0.3 is 0 Å². The smallest absolute Gasteiger partial charge is 0.201 e. The summed E-state index contributed by atoms with van der Waals surface area (Å²) in [5.74, 6) is 2.60. The van der Waals surface area contributed by atoms with Gasteiger partial charge in [0.25, 0.3) is 0 Å². The molecule has 4 nitrogen and oxygen atoms in total. The topological polar surface area (TPSA) is 53.1 Å². The molecule has 0 spiro atoms. The molecule has 20 heavy (non-hydrogen) atoms. The van der Waals surface area contributed by atoms with Gasteiger partial charge in [0.15, 0.2) is 0 Å². The largest absolute Gasteiger partial charge is 0.491 e. The molecule has 0 amide bonds. The zero-order valence-corrected chi connectivity index (χ0v) is 13.1. The van der Waals surface area contributed by atoms with Gasteiger partial charge < -0.3 is 15.0 Å². The number of aryl methyl sites for hydroxylation is 1. The quantitative estimate of drug-likeness (QED) is 0.756. The Balaban J connectivity index is 2.20. The lowest BCUT2D eigenvalue weighted by Crippen LogP contribution is -2.03. The first-order chi connectivity index (χ1) is 9.77. The number of hydrogen-bond donors (Lipinski definition) is 1. The zero-order valence-electron chi connectivity index (χ0n) is 12.3. The minimum atomic E-state index is 0.580. The molecule has 0 aliphatic rings. The van der Waals surface area contributed by atoms with E-state index in [0.29, 0.717) is 12.6 Å². The minimum absolute atomic E-state index is 0.580. The van der Waals surface area contributed by atoms with E-state index in [0.717, 1.165) is 36.2 Å². The first-order valence-electron chi connectivity index (χ1n) is 7.14. The average molecular weight is 293 g/mol. The van der Waals surface area contributed by atoms with Crippen LogP contribution in [-0.2, 0) is 6.54 Å². The van der Waals surface area contributed by atoms with Crippen LogP contribution in [0.25, 0.3) is 11.0 Å². The van der Waals surface area contributed by atoms with E-state index in [1.807, 2.05) is 23.9 Å². The van der Waals surface area contributed by atoms with Crippen molar-refractivity contribution in [1.29, 1.82) is 0 Å². The second kappa shape index (κ2) is 7.43. The normalized spacial score (nSPS) is 11.1. The van der Waals surface area contributed by atoms with E-state index in [4.69, 9.17) is 10.5 Å². The van der Waals surface area contributed by atoms with Crippen molar-refractivity contribution in [1.82, 2.24) is 9.55 Å². The van der Waals surface area contributed by atoms with Crippen molar-refractivity contribution in [2.45, 2.75) is 32.7 Å². The molecule has 5 heteroatoms. The fourth-order valence-corrected chi connectivity index (χ4v) is 2.71. The van der Waals surface area contributed by atoms with E-state index in [9.17, 15) is 0 Å². The zero-order chi connectivity index (χ0) is 14.4. The predicted molar refractivity (Wildman–Crippen MR) is 87.5 cm³/mol. The highest BCUT2D eigenvalue weighted by molar-refractivity contribution is 7.98. The standard InChI is InChI=1S/C15H23N3OS/c1-3-10-19-13-8-6-7-12-14(13)17-15(16)18(12)9-4-5-11-20-2/h6-8H,3-5,9-11H2,1-2H3,(H2,16,17). The van der Waals surface area contributed by atoms with Gasteiger partial charge in [-0.15, -0.1) is 0 Å². The molecule has 2 aromatic rings. The molecule has 1 heterocycles. The Bertz CT molecular complexity index is 553. The Morgan fingerprint density at radius 1 is 1.35 bits per heavy atom. The van der Waals surface area contributed by atoms with Crippen LogP contribution in [0, 0.1) is 0 Å². The number of fused-ring (bicyclic) bond motifs is 1. The molecule has 0 fully saturated rings. The van der Waals surface area contributed by atoms with E-state index in [1.54, 1.807) is 0 Å². The summed E-state index contributed by atoms with van der Waals surface area (Å²) in [6.07, 6.45) is 5.45. The molecule has 0 atom stereocenters. The van der Waals surface area contributed by atoms with Crippen LogP contribution < -0.4 is 10.5 Å². The molecule has 0 radical (unpaired) electrons. The fraction of sp³-hybridized carbons (Fsp3) is 0.533. The number of hydrogen-bond acceptors (Lipinski definition) is 4. The van der Waals surface area contributed by atoms with Crippen molar-refractivity contribution in [3.05, 3.63) is 18.2 Å². The van der Waals surface area contributed by atoms with Crippen molar-refractivity contribution >= 4 is 28.7 Å². The molecule has 2 rings (SSSR count). The van der Waals surface area contributed by atoms with Crippen LogP contribution in [0.5, 0.6) is 5.75 Å². The van der Waals surface area contributed by atoms with Gasteiger partial charge in [0.2, 0.25) is 5.95 Å². The summed E-state index contributed by atoms with van der Waals surface area (Å²) in [5, 5.41) is 0. The highest BCUT2D eigenvalue weighted by Gasteiger charge is 2.11. The van der Waals surface area contributed by atoms with Crippen molar-refractivity contribution < 1.29 is 4.74 Å². The Labute approximate surface area is 124 Å². The Morgan fingerprint density at radius 2 is 2.20 bits per heavy atom. The van der Waals surface area contributed by atoms with Crippen molar-refractivity contribution in [2.24, 2.45) is 0 Å². The van der Waals surface area contributed by atoms with Gasteiger partial charge in [-0.05, 0) is 43.4 Å². The third kappa shape index (κ3) is 3.39. The second-order valence-corrected chi connectivity index (χ2v) is 5.78. The maximum absolute atomic E-state index is 6.06. The van der Waals surface area contributed by atoms with E-state index >= 15 is 0 Å². The molecule has 0 aliphatic heterocycles. The van der Waals surface area contributed by atoms with Crippen LogP contribution in [0.2, 0.25) is 0 Å². The SMILES string of the molecule is CCCOc1cccc2c1nc(N)n2CCCCSC. The second-order valence-electron chi connectivity index (χ2n) is 4.79. The summed E-state index contributed by atoms with van der Waals surface area (Å²) < 4.78 is 7.84. The summed E-state index contributed by atoms with van der Waals surface area (Å²) in [6.45, 7) is 3.72. The summed E-state index contributed by atoms with van der Waals surface area (Å²) in [5.41, 5.74) is 8.00. The summed E-state index contributed by atoms with van der Waals surface area (Å²) in [7, 11) is 0. The number of ether oxygens (including phenoxy) is 1. The molecule has 1 aromatic heterocycles. The molecule has 0 saturated heterocycles. The highest BCUT2D eigenvalue weighted by atomic mass is 32.2. The lowest BCUT2D eigenvalue weighted by atomic mass is 10.2. The van der Waals surface area contributed by atoms with Crippen LogP contribution in [0.4, 0.5) is 5.95 Å². The average Bonchev–Trinajstić information content (AvgIpc) is 2.78. The Hall–Kier alpha value is -1.36. The van der Waals surface area contributed by atoms with Crippen LogP contribution in [0.3, 0.4) is 0 Å². The number of aromatic nitrogens is 2. The molecule has 0 unspecified atom stereocenters. The predicted octanol–water partition coefficient (Wildman–Crippen LogP) is 3.55. The molecular formula is C15H23N3OS. The lowest BCUT2D eigenvalue weighted by molar-refractivity contribution is 0.320. The van der Waals surface area contributed by atoms with Crippen molar-refractivity contribution in [3.8, 4) is 5.75 Å². The fourth-order valence-electron chi connectivity index (χ4n) is 2.22. The first-order valence-corrected chi connectivity index (χ1v) is 8.53. The maximum Gasteiger partial charge on any atom is 0.201 e. The van der Waals surface area contributed by atoms with Crippen LogP contribution >= 0.6 is 11.8 Å². The Morgan fingerprint density at radius 3 is 2.95 bits per heavy atom. The number of unbranched alkanes of at least 4 members (excludes halogenated alkanes) is 1. The van der Waals surface area contributed by atoms with Gasteiger partial charge in [-0.2, -0.15) is 11.8 Å². The number of thioether (sulfide) groups is 1. The number of para-hydroxylation sites is 1.